The van der Waals surface area contributed by atoms with Crippen LogP contribution in [0.3, 0.4) is 0 Å². The summed E-state index contributed by atoms with van der Waals surface area (Å²) in [5.41, 5.74) is 2.13. The molecule has 0 bridgehead atoms. The number of nitrogens with zero attached hydrogens (tertiary/aromatic N) is 1. The summed E-state index contributed by atoms with van der Waals surface area (Å²) in [6.07, 6.45) is 0. The average Bonchev–Trinajstić information content (AvgIpc) is 3.36. The third-order valence-electron chi connectivity index (χ3n) is 5.71. The molecule has 7 nitrogen and oxygen atoms in total. The van der Waals surface area contributed by atoms with Gasteiger partial charge in [0, 0.05) is 10.9 Å². The van der Waals surface area contributed by atoms with Gasteiger partial charge in [0.05, 0.1) is 24.4 Å². The highest BCUT2D eigenvalue weighted by atomic mass is 19.1. The highest BCUT2D eigenvalue weighted by Gasteiger charge is 2.35. The summed E-state index contributed by atoms with van der Waals surface area (Å²) in [5, 5.41) is 0.484. The predicted octanol–water partition coefficient (Wildman–Crippen LogP) is 5.02. The van der Waals surface area contributed by atoms with Gasteiger partial charge in [-0.2, -0.15) is 0 Å². The van der Waals surface area contributed by atoms with Crippen molar-refractivity contribution in [1.82, 2.24) is 0 Å². The van der Waals surface area contributed by atoms with Gasteiger partial charge in [-0.3, -0.25) is 9.59 Å². The Labute approximate surface area is 199 Å². The Morgan fingerprint density at radius 1 is 1.03 bits per heavy atom. The molecule has 176 valence electrons. The molecule has 0 unspecified atom stereocenters. The minimum Gasteiger partial charge on any atom is -0.492 e. The summed E-state index contributed by atoms with van der Waals surface area (Å²) in [6.45, 7) is 2.18. The van der Waals surface area contributed by atoms with Gasteiger partial charge >= 0.3 is 5.97 Å². The van der Waals surface area contributed by atoms with E-state index in [2.05, 4.69) is 0 Å². The fraction of sp³-hybridized carbons (Fsp3) is 0.148. The maximum Gasteiger partial charge on any atom is 0.342 e. The number of para-hydroxylation sites is 1. The van der Waals surface area contributed by atoms with Crippen LogP contribution in [0.25, 0.3) is 22.3 Å². The third-order valence-corrected chi connectivity index (χ3v) is 5.71. The molecule has 1 aromatic heterocycles. The number of amides is 1. The first-order chi connectivity index (χ1) is 17.0. The third kappa shape index (κ3) is 4.03. The molecule has 0 spiro atoms. The monoisotopic (exact) mass is 473 g/mol. The van der Waals surface area contributed by atoms with Crippen LogP contribution in [0.15, 0.2) is 71.1 Å². The molecule has 8 heteroatoms. The zero-order valence-electron chi connectivity index (χ0n) is 18.7. The van der Waals surface area contributed by atoms with Gasteiger partial charge in [0.25, 0.3) is 11.7 Å². The van der Waals surface area contributed by atoms with E-state index in [9.17, 15) is 18.8 Å². The van der Waals surface area contributed by atoms with Crippen LogP contribution in [0.5, 0.6) is 5.75 Å². The molecular weight excluding hydrogens is 453 g/mol. The number of rotatable bonds is 7. The zero-order valence-corrected chi connectivity index (χ0v) is 18.7. The van der Waals surface area contributed by atoms with Gasteiger partial charge in [-0.25, -0.2) is 9.18 Å². The molecule has 3 aromatic carbocycles. The number of hydrogen-bond donors (Lipinski definition) is 0. The number of ether oxygens (including phenoxy) is 2. The molecule has 0 radical (unpaired) electrons. The summed E-state index contributed by atoms with van der Waals surface area (Å²) < 4.78 is 30.4. The number of benzene rings is 3. The lowest BCUT2D eigenvalue weighted by atomic mass is 10.1. The van der Waals surface area contributed by atoms with E-state index in [1.54, 1.807) is 49.4 Å². The summed E-state index contributed by atoms with van der Waals surface area (Å²) in [4.78, 5) is 38.7. The molecule has 0 atom stereocenters. The highest BCUT2D eigenvalue weighted by molar-refractivity contribution is 6.52. The second-order valence-corrected chi connectivity index (χ2v) is 7.84. The summed E-state index contributed by atoms with van der Waals surface area (Å²) in [7, 11) is 0. The molecule has 2 heterocycles. The number of furan rings is 1. The molecular formula is C27H20FNO6. The van der Waals surface area contributed by atoms with E-state index < -0.39 is 23.5 Å². The second-order valence-electron chi connectivity index (χ2n) is 7.84. The van der Waals surface area contributed by atoms with Gasteiger partial charge in [-0.1, -0.05) is 12.1 Å². The van der Waals surface area contributed by atoms with Gasteiger partial charge in [0.2, 0.25) is 0 Å². The minimum atomic E-state index is -0.589. The Morgan fingerprint density at radius 3 is 2.57 bits per heavy atom. The van der Waals surface area contributed by atoms with Crippen molar-refractivity contribution in [3.05, 3.63) is 83.7 Å². The molecule has 1 aliphatic rings. The van der Waals surface area contributed by atoms with Crippen LogP contribution < -0.4 is 9.64 Å². The van der Waals surface area contributed by atoms with Gasteiger partial charge in [0.15, 0.2) is 0 Å². The van der Waals surface area contributed by atoms with Crippen LogP contribution >= 0.6 is 0 Å². The van der Waals surface area contributed by atoms with E-state index in [4.69, 9.17) is 13.9 Å². The van der Waals surface area contributed by atoms with Crippen LogP contribution in [0.4, 0.5) is 10.1 Å². The predicted molar refractivity (Wildman–Crippen MR) is 126 cm³/mol. The quantitative estimate of drug-likeness (QED) is 0.277. The standard InChI is InChI=1S/C27H20FNO6/c1-2-33-27(32)23-20-15-18(11-12-22(20)35-25(23)16-7-9-17(28)10-8-16)34-14-13-29-21-6-4-3-5-19(21)24(30)26(29)31/h3-12,15H,2,13-14H2,1H3. The largest absolute Gasteiger partial charge is 0.492 e. The topological polar surface area (TPSA) is 86.1 Å². The van der Waals surface area contributed by atoms with E-state index in [0.29, 0.717) is 33.5 Å². The first-order valence-corrected chi connectivity index (χ1v) is 11.1. The fourth-order valence-corrected chi connectivity index (χ4v) is 4.10. The second kappa shape index (κ2) is 9.06. The zero-order chi connectivity index (χ0) is 24.5. The van der Waals surface area contributed by atoms with Crippen molar-refractivity contribution in [3.8, 4) is 17.1 Å². The molecule has 5 rings (SSSR count). The molecule has 0 saturated heterocycles. The Balaban J connectivity index is 1.41. The number of fused-ring (bicyclic) bond motifs is 2. The molecule has 0 aliphatic carbocycles. The first kappa shape index (κ1) is 22.3. The van der Waals surface area contributed by atoms with Crippen molar-refractivity contribution in [1.29, 1.82) is 0 Å². The molecule has 35 heavy (non-hydrogen) atoms. The van der Waals surface area contributed by atoms with Gasteiger partial charge < -0.3 is 18.8 Å². The number of esters is 1. The number of carbonyl (C=O) groups excluding carboxylic acids is 3. The number of hydrogen-bond acceptors (Lipinski definition) is 6. The number of carbonyl (C=O) groups is 3. The summed E-state index contributed by atoms with van der Waals surface area (Å²) in [6, 6.07) is 17.5. The average molecular weight is 473 g/mol. The Morgan fingerprint density at radius 2 is 1.80 bits per heavy atom. The normalized spacial score (nSPS) is 12.8. The van der Waals surface area contributed by atoms with Crippen LogP contribution in [0.2, 0.25) is 0 Å². The SMILES string of the molecule is CCOC(=O)c1c(-c2ccc(F)cc2)oc2ccc(OCCN3C(=O)C(=O)c4ccccc43)cc12. The maximum absolute atomic E-state index is 13.4. The van der Waals surface area contributed by atoms with Crippen molar-refractivity contribution < 1.29 is 32.7 Å². The van der Waals surface area contributed by atoms with Crippen molar-refractivity contribution in [3.63, 3.8) is 0 Å². The Bertz CT molecular complexity index is 1460. The van der Waals surface area contributed by atoms with E-state index in [1.165, 1.54) is 29.2 Å². The Hall–Kier alpha value is -4.46. The lowest BCUT2D eigenvalue weighted by Crippen LogP contribution is -2.33. The molecule has 0 fully saturated rings. The van der Waals surface area contributed by atoms with E-state index in [-0.39, 0.29) is 31.1 Å². The number of anilines is 1. The van der Waals surface area contributed by atoms with Crippen LogP contribution in [0.1, 0.15) is 27.6 Å². The molecule has 0 N–H and O–H groups in total. The molecule has 1 amide bonds. The lowest BCUT2D eigenvalue weighted by Gasteiger charge is -2.16. The lowest BCUT2D eigenvalue weighted by molar-refractivity contribution is -0.114. The van der Waals surface area contributed by atoms with Gasteiger partial charge in [-0.15, -0.1) is 0 Å². The van der Waals surface area contributed by atoms with Crippen molar-refractivity contribution in [2.75, 3.05) is 24.7 Å². The molecule has 4 aromatic rings. The van der Waals surface area contributed by atoms with Crippen molar-refractivity contribution in [2.45, 2.75) is 6.92 Å². The number of halogens is 1. The van der Waals surface area contributed by atoms with Crippen LogP contribution in [-0.2, 0) is 9.53 Å². The van der Waals surface area contributed by atoms with Crippen LogP contribution in [-0.4, -0.2) is 37.4 Å². The summed E-state index contributed by atoms with van der Waals surface area (Å²) >= 11 is 0. The fourth-order valence-electron chi connectivity index (χ4n) is 4.10. The van der Waals surface area contributed by atoms with E-state index >= 15 is 0 Å². The maximum atomic E-state index is 13.4. The number of ketones is 1. The molecule has 0 saturated carbocycles. The Kier molecular flexibility index (Phi) is 5.78. The highest BCUT2D eigenvalue weighted by Crippen LogP contribution is 2.36. The van der Waals surface area contributed by atoms with Crippen LogP contribution in [0, 0.1) is 5.82 Å². The minimum absolute atomic E-state index is 0.121. The molecule has 1 aliphatic heterocycles. The summed E-state index contributed by atoms with van der Waals surface area (Å²) in [5.74, 6) is -1.38. The first-order valence-electron chi connectivity index (χ1n) is 11.1. The van der Waals surface area contributed by atoms with E-state index in [0.717, 1.165) is 0 Å². The smallest absolute Gasteiger partial charge is 0.342 e. The number of Topliss-reactive ketones (excluding diaryl/α,β-unsaturated/α-hetero) is 1. The van der Waals surface area contributed by atoms with Gasteiger partial charge in [-0.05, 0) is 61.5 Å². The van der Waals surface area contributed by atoms with Gasteiger partial charge in [0.1, 0.15) is 35.1 Å². The van der Waals surface area contributed by atoms with E-state index in [1.807, 2.05) is 0 Å². The van der Waals surface area contributed by atoms with Crippen molar-refractivity contribution in [2.24, 2.45) is 0 Å². The van der Waals surface area contributed by atoms with Crippen molar-refractivity contribution >= 4 is 34.3 Å².